The van der Waals surface area contributed by atoms with E-state index in [4.69, 9.17) is 9.88 Å². The summed E-state index contributed by atoms with van der Waals surface area (Å²) in [7, 11) is -3.90. The number of rotatable bonds is 5. The van der Waals surface area contributed by atoms with Gasteiger partial charge in [-0.15, -0.1) is 0 Å². The van der Waals surface area contributed by atoms with Crippen LogP contribution in [0.5, 0.6) is 5.75 Å². The third-order valence-corrected chi connectivity index (χ3v) is 3.63. The Kier molecular flexibility index (Phi) is 4.36. The Morgan fingerprint density at radius 3 is 2.40 bits per heavy atom. The number of nitrogens with two attached hydrogens (primary N) is 1. The molecule has 0 heterocycles. The maximum absolute atomic E-state index is 13.7. The number of hydrogen-bond donors (Lipinski definition) is 1. The largest absolute Gasteiger partial charge is 0.490 e. The second kappa shape index (κ2) is 6.02. The van der Waals surface area contributed by atoms with Gasteiger partial charge in [0.05, 0.1) is 11.5 Å². The first-order chi connectivity index (χ1) is 9.47. The molecule has 0 bridgehead atoms. The maximum atomic E-state index is 13.7. The van der Waals surface area contributed by atoms with Gasteiger partial charge >= 0.3 is 0 Å². The minimum atomic E-state index is -3.90. The van der Waals surface area contributed by atoms with Gasteiger partial charge in [-0.2, -0.15) is 0 Å². The molecule has 0 atom stereocenters. The van der Waals surface area contributed by atoms with Crippen molar-refractivity contribution in [3.63, 3.8) is 0 Å². The van der Waals surface area contributed by atoms with E-state index in [-0.39, 0.29) is 10.6 Å². The monoisotopic (exact) mass is 295 g/mol. The number of ether oxygens (including phenoxy) is 1. The van der Waals surface area contributed by atoms with Crippen LogP contribution in [-0.4, -0.2) is 15.0 Å². The summed E-state index contributed by atoms with van der Waals surface area (Å²) in [5.74, 6) is -0.738. The summed E-state index contributed by atoms with van der Waals surface area (Å²) in [5, 5.41) is 4.92. The first kappa shape index (κ1) is 14.5. The van der Waals surface area contributed by atoms with Gasteiger partial charge in [-0.1, -0.05) is 30.3 Å². The standard InChI is InChI=1S/C14H14FNO3S/c15-13-10-12(20(16,17)18)6-7-14(13)19-9-8-11-4-2-1-3-5-11/h1-7,10H,8-9H2,(H2,16,17,18). The van der Waals surface area contributed by atoms with Crippen molar-refractivity contribution in [3.05, 3.63) is 59.9 Å². The Morgan fingerprint density at radius 1 is 1.10 bits per heavy atom. The maximum Gasteiger partial charge on any atom is 0.238 e. The molecule has 4 nitrogen and oxygen atoms in total. The molecule has 0 fully saturated rings. The second-order valence-corrected chi connectivity index (χ2v) is 5.78. The Morgan fingerprint density at radius 2 is 1.80 bits per heavy atom. The molecule has 2 aromatic carbocycles. The zero-order valence-electron chi connectivity index (χ0n) is 10.6. The van der Waals surface area contributed by atoms with Gasteiger partial charge < -0.3 is 4.74 Å². The van der Waals surface area contributed by atoms with Crippen LogP contribution in [0.3, 0.4) is 0 Å². The molecule has 0 radical (unpaired) electrons. The Balaban J connectivity index is 2.00. The Labute approximate surface area is 117 Å². The van der Waals surface area contributed by atoms with Crippen molar-refractivity contribution in [3.8, 4) is 5.75 Å². The van der Waals surface area contributed by atoms with Gasteiger partial charge in [0.25, 0.3) is 0 Å². The van der Waals surface area contributed by atoms with E-state index in [9.17, 15) is 12.8 Å². The third kappa shape index (κ3) is 3.79. The van der Waals surface area contributed by atoms with E-state index >= 15 is 0 Å². The number of halogens is 1. The smallest absolute Gasteiger partial charge is 0.238 e. The van der Waals surface area contributed by atoms with Crippen molar-refractivity contribution in [1.29, 1.82) is 0 Å². The molecular weight excluding hydrogens is 281 g/mol. The van der Waals surface area contributed by atoms with Crippen LogP contribution in [0.25, 0.3) is 0 Å². The van der Waals surface area contributed by atoms with Crippen molar-refractivity contribution in [2.45, 2.75) is 11.3 Å². The molecule has 2 N–H and O–H groups in total. The van der Waals surface area contributed by atoms with Gasteiger partial charge in [-0.3, -0.25) is 0 Å². The van der Waals surface area contributed by atoms with Crippen LogP contribution in [0.15, 0.2) is 53.4 Å². The summed E-state index contributed by atoms with van der Waals surface area (Å²) in [5.41, 5.74) is 1.08. The van der Waals surface area contributed by atoms with E-state index in [0.29, 0.717) is 13.0 Å². The van der Waals surface area contributed by atoms with Crippen LogP contribution in [0.4, 0.5) is 4.39 Å². The third-order valence-electron chi connectivity index (χ3n) is 2.72. The van der Waals surface area contributed by atoms with Gasteiger partial charge in [0, 0.05) is 6.42 Å². The molecule has 0 unspecified atom stereocenters. The van der Waals surface area contributed by atoms with Crippen molar-refractivity contribution in [2.75, 3.05) is 6.61 Å². The van der Waals surface area contributed by atoms with E-state index in [1.165, 1.54) is 12.1 Å². The van der Waals surface area contributed by atoms with E-state index in [1.54, 1.807) is 0 Å². The molecule has 0 amide bonds. The van der Waals surface area contributed by atoms with Gasteiger partial charge in [0.1, 0.15) is 0 Å². The summed E-state index contributed by atoms with van der Waals surface area (Å²) < 4.78 is 41.1. The van der Waals surface area contributed by atoms with Gasteiger partial charge in [0.2, 0.25) is 10.0 Å². The molecular formula is C14H14FNO3S. The molecule has 2 rings (SSSR count). The quantitative estimate of drug-likeness (QED) is 0.918. The average Bonchev–Trinajstić information content (AvgIpc) is 2.40. The SMILES string of the molecule is NS(=O)(=O)c1ccc(OCCc2ccccc2)c(F)c1. The van der Waals surface area contributed by atoms with E-state index in [2.05, 4.69) is 0 Å². The normalized spacial score (nSPS) is 11.3. The average molecular weight is 295 g/mol. The Hall–Kier alpha value is -1.92. The molecule has 6 heteroatoms. The number of benzene rings is 2. The second-order valence-electron chi connectivity index (χ2n) is 4.22. The minimum absolute atomic E-state index is 0.00771. The molecule has 0 aliphatic heterocycles. The van der Waals surface area contributed by atoms with Crippen molar-refractivity contribution in [2.24, 2.45) is 5.14 Å². The number of sulfonamides is 1. The molecule has 0 aliphatic rings. The van der Waals surface area contributed by atoms with Crippen molar-refractivity contribution < 1.29 is 17.5 Å². The fourth-order valence-electron chi connectivity index (χ4n) is 1.70. The zero-order chi connectivity index (χ0) is 14.6. The topological polar surface area (TPSA) is 69.4 Å². The fraction of sp³-hybridized carbons (Fsp3) is 0.143. The van der Waals surface area contributed by atoms with E-state index in [1.807, 2.05) is 30.3 Å². The molecule has 2 aromatic rings. The molecule has 0 aliphatic carbocycles. The van der Waals surface area contributed by atoms with Crippen LogP contribution in [0.2, 0.25) is 0 Å². The highest BCUT2D eigenvalue weighted by Crippen LogP contribution is 2.20. The molecule has 0 saturated heterocycles. The summed E-state index contributed by atoms with van der Waals surface area (Å²) >= 11 is 0. The van der Waals surface area contributed by atoms with Gasteiger partial charge in [-0.25, -0.2) is 17.9 Å². The zero-order valence-corrected chi connectivity index (χ0v) is 11.4. The highest BCUT2D eigenvalue weighted by Gasteiger charge is 2.12. The number of primary sulfonamides is 1. The highest BCUT2D eigenvalue weighted by molar-refractivity contribution is 7.89. The molecule has 20 heavy (non-hydrogen) atoms. The number of hydrogen-bond acceptors (Lipinski definition) is 3. The molecule has 106 valence electrons. The first-order valence-corrected chi connectivity index (χ1v) is 7.50. The van der Waals surface area contributed by atoms with Crippen molar-refractivity contribution >= 4 is 10.0 Å². The summed E-state index contributed by atoms with van der Waals surface area (Å²) in [6.45, 7) is 0.301. The lowest BCUT2D eigenvalue weighted by molar-refractivity contribution is 0.305. The summed E-state index contributed by atoms with van der Waals surface area (Å²) in [6, 6.07) is 13.0. The lowest BCUT2D eigenvalue weighted by atomic mass is 10.2. The predicted molar refractivity (Wildman–Crippen MR) is 73.4 cm³/mol. The first-order valence-electron chi connectivity index (χ1n) is 5.96. The minimum Gasteiger partial charge on any atom is -0.490 e. The van der Waals surface area contributed by atoms with Crippen LogP contribution < -0.4 is 9.88 Å². The summed E-state index contributed by atoms with van der Waals surface area (Å²) in [4.78, 5) is -0.273. The molecule has 0 spiro atoms. The predicted octanol–water partition coefficient (Wildman–Crippen LogP) is 2.09. The fourth-order valence-corrected chi connectivity index (χ4v) is 2.22. The van der Waals surface area contributed by atoms with Crippen LogP contribution >= 0.6 is 0 Å². The summed E-state index contributed by atoms with van der Waals surface area (Å²) in [6.07, 6.45) is 0.636. The van der Waals surface area contributed by atoms with E-state index < -0.39 is 15.8 Å². The van der Waals surface area contributed by atoms with Crippen molar-refractivity contribution in [1.82, 2.24) is 0 Å². The molecule has 0 aromatic heterocycles. The van der Waals surface area contributed by atoms with Crippen LogP contribution in [-0.2, 0) is 16.4 Å². The molecule has 0 saturated carbocycles. The lowest BCUT2D eigenvalue weighted by Crippen LogP contribution is -2.12. The van der Waals surface area contributed by atoms with Crippen LogP contribution in [0, 0.1) is 5.82 Å². The van der Waals surface area contributed by atoms with Gasteiger partial charge in [0.15, 0.2) is 11.6 Å². The van der Waals surface area contributed by atoms with Gasteiger partial charge in [-0.05, 0) is 23.8 Å². The highest BCUT2D eigenvalue weighted by atomic mass is 32.2. The lowest BCUT2D eigenvalue weighted by Gasteiger charge is -2.08. The van der Waals surface area contributed by atoms with Crippen LogP contribution in [0.1, 0.15) is 5.56 Å². The van der Waals surface area contributed by atoms with E-state index in [0.717, 1.165) is 11.6 Å². The Bertz CT molecular complexity index is 687.